The summed E-state index contributed by atoms with van der Waals surface area (Å²) >= 11 is 3.37. The van der Waals surface area contributed by atoms with Gasteiger partial charge >= 0.3 is 6.61 Å². The second-order valence-corrected chi connectivity index (χ2v) is 5.68. The van der Waals surface area contributed by atoms with Crippen LogP contribution in [-0.4, -0.2) is 25.5 Å². The summed E-state index contributed by atoms with van der Waals surface area (Å²) in [5, 5.41) is 3.87. The first-order valence-corrected chi connectivity index (χ1v) is 7.79. The van der Waals surface area contributed by atoms with Gasteiger partial charge in [-0.15, -0.1) is 0 Å². The summed E-state index contributed by atoms with van der Waals surface area (Å²) in [4.78, 5) is 12.0. The Kier molecular flexibility index (Phi) is 5.13. The van der Waals surface area contributed by atoms with E-state index in [2.05, 4.69) is 31.2 Å². The molecule has 0 unspecified atom stereocenters. The smallest absolute Gasteiger partial charge is 0.387 e. The van der Waals surface area contributed by atoms with Gasteiger partial charge in [-0.05, 0) is 52.3 Å². The Morgan fingerprint density at radius 2 is 1.92 bits per heavy atom. The van der Waals surface area contributed by atoms with Crippen LogP contribution in [0.25, 0.3) is 0 Å². The summed E-state index contributed by atoms with van der Waals surface area (Å²) in [7, 11) is 0. The maximum atomic E-state index is 12.1. The predicted molar refractivity (Wildman–Crippen MR) is 88.4 cm³/mol. The summed E-state index contributed by atoms with van der Waals surface area (Å²) in [5.74, 6) is 0.695. The second kappa shape index (κ2) is 7.47. The van der Waals surface area contributed by atoms with E-state index in [1.165, 1.54) is 30.5 Å². The Labute approximate surface area is 149 Å². The number of hydrazone groups is 1. The number of hydrogen-bond acceptors (Lipinski definition) is 5. The number of ether oxygens (including phenoxy) is 3. The zero-order chi connectivity index (χ0) is 17.8. The van der Waals surface area contributed by atoms with E-state index in [9.17, 15) is 13.6 Å². The number of nitrogens with one attached hydrogen (secondary N) is 1. The summed E-state index contributed by atoms with van der Waals surface area (Å²) < 4.78 is 39.6. The highest BCUT2D eigenvalue weighted by molar-refractivity contribution is 9.10. The standard InChI is InChI=1S/C16H11BrF2N2O4/c17-12-6-14-13(23-8-24-14)5-10(12)7-20-21-15(22)9-1-3-11(4-2-9)25-16(18)19/h1-7,16H,8H2,(H,21,22). The number of halogens is 3. The molecule has 0 spiro atoms. The fourth-order valence-corrected chi connectivity index (χ4v) is 2.47. The Hall–Kier alpha value is -2.68. The third-order valence-electron chi connectivity index (χ3n) is 3.20. The molecule has 2 aromatic carbocycles. The van der Waals surface area contributed by atoms with Crippen molar-refractivity contribution in [2.45, 2.75) is 6.61 Å². The van der Waals surface area contributed by atoms with Gasteiger partial charge in [-0.3, -0.25) is 4.79 Å². The maximum Gasteiger partial charge on any atom is 0.387 e. The monoisotopic (exact) mass is 412 g/mol. The molecule has 1 heterocycles. The molecule has 2 aromatic rings. The van der Waals surface area contributed by atoms with Crippen molar-refractivity contribution in [1.82, 2.24) is 5.43 Å². The molecule has 0 bridgehead atoms. The molecule has 3 rings (SSSR count). The first-order chi connectivity index (χ1) is 12.0. The van der Waals surface area contributed by atoms with Gasteiger partial charge in [-0.1, -0.05) is 0 Å². The van der Waals surface area contributed by atoms with Crippen molar-refractivity contribution in [2.75, 3.05) is 6.79 Å². The highest BCUT2D eigenvalue weighted by Crippen LogP contribution is 2.36. The molecule has 130 valence electrons. The van der Waals surface area contributed by atoms with E-state index in [-0.39, 0.29) is 18.1 Å². The number of benzene rings is 2. The van der Waals surface area contributed by atoms with Crippen LogP contribution in [0.1, 0.15) is 15.9 Å². The molecule has 6 nitrogen and oxygen atoms in total. The molecular formula is C16H11BrF2N2O4. The second-order valence-electron chi connectivity index (χ2n) is 4.83. The van der Waals surface area contributed by atoms with Gasteiger partial charge in [0, 0.05) is 15.6 Å². The molecule has 0 aromatic heterocycles. The van der Waals surface area contributed by atoms with E-state index in [0.717, 1.165) is 4.47 Å². The van der Waals surface area contributed by atoms with Gasteiger partial charge in [0.1, 0.15) is 5.75 Å². The fourth-order valence-electron chi connectivity index (χ4n) is 2.04. The molecule has 1 N–H and O–H groups in total. The first kappa shape index (κ1) is 17.2. The third kappa shape index (κ3) is 4.24. The number of nitrogens with zero attached hydrogens (tertiary/aromatic N) is 1. The van der Waals surface area contributed by atoms with Gasteiger partial charge in [0.25, 0.3) is 5.91 Å². The number of amides is 1. The van der Waals surface area contributed by atoms with E-state index >= 15 is 0 Å². The molecule has 9 heteroatoms. The van der Waals surface area contributed by atoms with Crippen LogP contribution in [-0.2, 0) is 0 Å². The van der Waals surface area contributed by atoms with Crippen molar-refractivity contribution < 1.29 is 27.8 Å². The maximum absolute atomic E-state index is 12.1. The number of rotatable bonds is 5. The van der Waals surface area contributed by atoms with Crippen LogP contribution in [0.3, 0.4) is 0 Å². The number of fused-ring (bicyclic) bond motifs is 1. The van der Waals surface area contributed by atoms with Crippen LogP contribution in [0.15, 0.2) is 46.0 Å². The van der Waals surface area contributed by atoms with Gasteiger partial charge in [0.15, 0.2) is 11.5 Å². The first-order valence-electron chi connectivity index (χ1n) is 7.00. The average molecular weight is 413 g/mol. The summed E-state index contributed by atoms with van der Waals surface area (Å²) in [6.07, 6.45) is 1.44. The topological polar surface area (TPSA) is 69.2 Å². The molecule has 1 aliphatic heterocycles. The number of alkyl halides is 2. The van der Waals surface area contributed by atoms with Crippen molar-refractivity contribution in [1.29, 1.82) is 0 Å². The van der Waals surface area contributed by atoms with Crippen LogP contribution in [0.2, 0.25) is 0 Å². The highest BCUT2D eigenvalue weighted by atomic mass is 79.9. The molecule has 0 saturated heterocycles. The van der Waals surface area contributed by atoms with E-state index in [4.69, 9.17) is 9.47 Å². The SMILES string of the molecule is O=C(NN=Cc1cc2c(cc1Br)OCO2)c1ccc(OC(F)F)cc1. The summed E-state index contributed by atoms with van der Waals surface area (Å²) in [5.41, 5.74) is 3.29. The minimum Gasteiger partial charge on any atom is -0.454 e. The quantitative estimate of drug-likeness (QED) is 0.602. The van der Waals surface area contributed by atoms with Crippen molar-refractivity contribution >= 4 is 28.1 Å². The van der Waals surface area contributed by atoms with Crippen LogP contribution >= 0.6 is 15.9 Å². The molecule has 0 fully saturated rings. The Morgan fingerprint density at radius 3 is 2.60 bits per heavy atom. The Morgan fingerprint density at radius 1 is 1.24 bits per heavy atom. The highest BCUT2D eigenvalue weighted by Gasteiger charge is 2.15. The van der Waals surface area contributed by atoms with Gasteiger partial charge in [-0.25, -0.2) is 5.43 Å². The molecule has 25 heavy (non-hydrogen) atoms. The van der Waals surface area contributed by atoms with Crippen molar-refractivity contribution in [3.63, 3.8) is 0 Å². The minimum atomic E-state index is -2.91. The van der Waals surface area contributed by atoms with Gasteiger partial charge in [0.05, 0.1) is 6.21 Å². The lowest BCUT2D eigenvalue weighted by Gasteiger charge is -2.05. The summed E-state index contributed by atoms with van der Waals surface area (Å²) in [6, 6.07) is 8.74. The molecule has 1 aliphatic rings. The minimum absolute atomic E-state index is 0.0284. The lowest BCUT2D eigenvalue weighted by atomic mass is 10.2. The van der Waals surface area contributed by atoms with Gasteiger partial charge < -0.3 is 14.2 Å². The zero-order valence-electron chi connectivity index (χ0n) is 12.5. The molecule has 0 aliphatic carbocycles. The van der Waals surface area contributed by atoms with Crippen LogP contribution < -0.4 is 19.6 Å². The normalized spacial score (nSPS) is 12.6. The average Bonchev–Trinajstić information content (AvgIpc) is 3.02. The number of carbonyl (C=O) groups is 1. The zero-order valence-corrected chi connectivity index (χ0v) is 14.1. The van der Waals surface area contributed by atoms with Crippen LogP contribution in [0.5, 0.6) is 17.2 Å². The van der Waals surface area contributed by atoms with E-state index in [1.54, 1.807) is 12.1 Å². The molecule has 1 amide bonds. The van der Waals surface area contributed by atoms with Gasteiger partial charge in [-0.2, -0.15) is 13.9 Å². The third-order valence-corrected chi connectivity index (χ3v) is 3.89. The van der Waals surface area contributed by atoms with E-state index in [1.807, 2.05) is 0 Å². The van der Waals surface area contributed by atoms with Crippen LogP contribution in [0.4, 0.5) is 8.78 Å². The molecular weight excluding hydrogens is 402 g/mol. The molecule has 0 atom stereocenters. The molecule has 0 radical (unpaired) electrons. The van der Waals surface area contributed by atoms with Crippen LogP contribution in [0, 0.1) is 0 Å². The largest absolute Gasteiger partial charge is 0.454 e. The van der Waals surface area contributed by atoms with E-state index < -0.39 is 12.5 Å². The summed E-state index contributed by atoms with van der Waals surface area (Å²) in [6.45, 7) is -2.76. The lowest BCUT2D eigenvalue weighted by Crippen LogP contribution is -2.17. The van der Waals surface area contributed by atoms with E-state index in [0.29, 0.717) is 17.1 Å². The van der Waals surface area contributed by atoms with Gasteiger partial charge in [0.2, 0.25) is 6.79 Å². The number of carbonyl (C=O) groups excluding carboxylic acids is 1. The molecule has 0 saturated carbocycles. The lowest BCUT2D eigenvalue weighted by molar-refractivity contribution is -0.0498. The number of hydrogen-bond donors (Lipinski definition) is 1. The van der Waals surface area contributed by atoms with Crippen molar-refractivity contribution in [3.05, 3.63) is 52.0 Å². The Balaban J connectivity index is 1.63. The fraction of sp³-hybridized carbons (Fsp3) is 0.125. The van der Waals surface area contributed by atoms with Crippen molar-refractivity contribution in [2.24, 2.45) is 5.10 Å². The predicted octanol–water partition coefficient (Wildman–Crippen LogP) is 3.54. The Bertz CT molecular complexity index is 813. The van der Waals surface area contributed by atoms with Crippen molar-refractivity contribution in [3.8, 4) is 17.2 Å².